The summed E-state index contributed by atoms with van der Waals surface area (Å²) in [7, 11) is -3.30. The molecule has 0 aliphatic carbocycles. The summed E-state index contributed by atoms with van der Waals surface area (Å²) in [6.45, 7) is 3.10. The summed E-state index contributed by atoms with van der Waals surface area (Å²) < 4.78 is 31.8. The highest BCUT2D eigenvalue weighted by Gasteiger charge is 2.32. The van der Waals surface area contributed by atoms with Crippen LogP contribution in [0.15, 0.2) is 18.2 Å². The molecule has 0 aromatic heterocycles. The molecule has 1 fully saturated rings. The number of sulfonamides is 1. The predicted octanol–water partition coefficient (Wildman–Crippen LogP) is 1.91. The normalized spacial score (nSPS) is 20.6. The number of ether oxygens (including phenoxy) is 1. The van der Waals surface area contributed by atoms with Crippen LogP contribution < -0.4 is 9.62 Å². The first kappa shape index (κ1) is 16.3. The van der Waals surface area contributed by atoms with E-state index in [1.807, 2.05) is 19.1 Å². The highest BCUT2D eigenvalue weighted by molar-refractivity contribution is 7.92. The minimum absolute atomic E-state index is 0.0144. The quantitative estimate of drug-likeness (QED) is 0.890. The molecule has 1 saturated heterocycles. The van der Waals surface area contributed by atoms with Gasteiger partial charge in [0.2, 0.25) is 10.0 Å². The van der Waals surface area contributed by atoms with E-state index in [4.69, 9.17) is 4.74 Å². The van der Waals surface area contributed by atoms with Gasteiger partial charge in [-0.15, -0.1) is 0 Å². The van der Waals surface area contributed by atoms with E-state index in [1.54, 1.807) is 11.0 Å². The van der Waals surface area contributed by atoms with Crippen molar-refractivity contribution in [1.29, 1.82) is 0 Å². The van der Waals surface area contributed by atoms with Gasteiger partial charge in [-0.25, -0.2) is 8.42 Å². The van der Waals surface area contributed by atoms with Gasteiger partial charge in [0.1, 0.15) is 6.10 Å². The topological polar surface area (TPSA) is 75.7 Å². The fraction of sp³-hybridized carbons (Fsp3) is 0.562. The summed E-state index contributed by atoms with van der Waals surface area (Å²) in [5.74, 6) is 0.119. The van der Waals surface area contributed by atoms with Gasteiger partial charge in [0.15, 0.2) is 0 Å². The van der Waals surface area contributed by atoms with Crippen LogP contribution in [0.3, 0.4) is 0 Å². The van der Waals surface area contributed by atoms with Crippen molar-refractivity contribution in [3.63, 3.8) is 0 Å². The number of fused-ring (bicyclic) bond motifs is 1. The SMILES string of the molecule is CCCS(=O)(=O)Nc1ccc2c(c1)CCN2C(=O)C1CCCO1. The number of hydrogen-bond acceptors (Lipinski definition) is 4. The van der Waals surface area contributed by atoms with Crippen LogP contribution in [0.2, 0.25) is 0 Å². The van der Waals surface area contributed by atoms with Crippen LogP contribution in [0.1, 0.15) is 31.7 Å². The van der Waals surface area contributed by atoms with Crippen molar-refractivity contribution >= 4 is 27.3 Å². The molecule has 1 unspecified atom stereocenters. The molecule has 0 spiro atoms. The van der Waals surface area contributed by atoms with Gasteiger partial charge in [0.05, 0.1) is 5.75 Å². The Morgan fingerprint density at radius 3 is 2.96 bits per heavy atom. The number of rotatable bonds is 5. The number of carbonyl (C=O) groups excluding carboxylic acids is 1. The third-order valence-electron chi connectivity index (χ3n) is 4.19. The predicted molar refractivity (Wildman–Crippen MR) is 89.2 cm³/mol. The molecule has 2 heterocycles. The molecule has 2 aliphatic heterocycles. The maximum atomic E-state index is 12.5. The van der Waals surface area contributed by atoms with E-state index in [-0.39, 0.29) is 17.8 Å². The first-order valence-electron chi connectivity index (χ1n) is 8.06. The van der Waals surface area contributed by atoms with Crippen LogP contribution in [0.25, 0.3) is 0 Å². The third kappa shape index (κ3) is 3.50. The second-order valence-electron chi connectivity index (χ2n) is 6.01. The van der Waals surface area contributed by atoms with E-state index in [0.29, 0.717) is 25.3 Å². The van der Waals surface area contributed by atoms with Crippen LogP contribution in [-0.2, 0) is 26.0 Å². The second-order valence-corrected chi connectivity index (χ2v) is 7.85. The van der Waals surface area contributed by atoms with Gasteiger partial charge in [-0.05, 0) is 49.4 Å². The lowest BCUT2D eigenvalue weighted by molar-refractivity contribution is -0.127. The molecule has 1 amide bonds. The average Bonchev–Trinajstić information content (AvgIpc) is 3.15. The zero-order chi connectivity index (χ0) is 16.4. The fourth-order valence-corrected chi connectivity index (χ4v) is 4.27. The molecule has 0 saturated carbocycles. The standard InChI is InChI=1S/C16H22N2O4S/c1-2-10-23(20,21)17-13-5-6-14-12(11-13)7-8-18(14)16(19)15-4-3-9-22-15/h5-6,11,15,17H,2-4,7-10H2,1H3. The summed E-state index contributed by atoms with van der Waals surface area (Å²) in [5.41, 5.74) is 2.42. The highest BCUT2D eigenvalue weighted by Crippen LogP contribution is 2.32. The Bertz CT molecular complexity index is 696. The molecule has 23 heavy (non-hydrogen) atoms. The van der Waals surface area contributed by atoms with Crippen molar-refractivity contribution in [3.05, 3.63) is 23.8 Å². The molecule has 6 nitrogen and oxygen atoms in total. The second kappa shape index (κ2) is 6.49. The fourth-order valence-electron chi connectivity index (χ4n) is 3.14. The Labute approximate surface area is 136 Å². The van der Waals surface area contributed by atoms with Gasteiger partial charge >= 0.3 is 0 Å². The maximum absolute atomic E-state index is 12.5. The molecule has 1 N–H and O–H groups in total. The van der Waals surface area contributed by atoms with Crippen molar-refractivity contribution < 1.29 is 17.9 Å². The van der Waals surface area contributed by atoms with Crippen molar-refractivity contribution in [2.75, 3.05) is 28.5 Å². The van der Waals surface area contributed by atoms with Gasteiger partial charge < -0.3 is 9.64 Å². The summed E-state index contributed by atoms with van der Waals surface area (Å²) in [6, 6.07) is 5.36. The molecule has 2 aliphatic rings. The van der Waals surface area contributed by atoms with Crippen molar-refractivity contribution in [3.8, 4) is 0 Å². The summed E-state index contributed by atoms with van der Waals surface area (Å²) >= 11 is 0. The number of benzene rings is 1. The maximum Gasteiger partial charge on any atom is 0.256 e. The van der Waals surface area contributed by atoms with Crippen molar-refractivity contribution in [2.24, 2.45) is 0 Å². The lowest BCUT2D eigenvalue weighted by Crippen LogP contribution is -2.37. The lowest BCUT2D eigenvalue weighted by Gasteiger charge is -2.21. The number of hydrogen-bond donors (Lipinski definition) is 1. The molecular formula is C16H22N2O4S. The van der Waals surface area contributed by atoms with E-state index < -0.39 is 10.0 Å². The molecule has 0 radical (unpaired) electrons. The average molecular weight is 338 g/mol. The van der Waals surface area contributed by atoms with Gasteiger partial charge in [0, 0.05) is 24.5 Å². The molecular weight excluding hydrogens is 316 g/mol. The number of carbonyl (C=O) groups is 1. The van der Waals surface area contributed by atoms with Crippen LogP contribution >= 0.6 is 0 Å². The van der Waals surface area contributed by atoms with Gasteiger partial charge in [-0.1, -0.05) is 6.92 Å². The van der Waals surface area contributed by atoms with Crippen LogP contribution in [0.5, 0.6) is 0 Å². The Hall–Kier alpha value is -1.60. The molecule has 7 heteroatoms. The first-order valence-corrected chi connectivity index (χ1v) is 9.72. The smallest absolute Gasteiger partial charge is 0.256 e. The van der Waals surface area contributed by atoms with Crippen LogP contribution in [0, 0.1) is 0 Å². The number of amides is 1. The summed E-state index contributed by atoms with van der Waals surface area (Å²) in [5, 5.41) is 0. The summed E-state index contributed by atoms with van der Waals surface area (Å²) in [4.78, 5) is 14.3. The molecule has 1 aromatic rings. The van der Waals surface area contributed by atoms with E-state index in [1.165, 1.54) is 0 Å². The molecule has 126 valence electrons. The molecule has 1 atom stereocenters. The molecule has 3 rings (SSSR count). The largest absolute Gasteiger partial charge is 0.368 e. The van der Waals surface area contributed by atoms with Crippen molar-refractivity contribution in [2.45, 2.75) is 38.7 Å². The van der Waals surface area contributed by atoms with Crippen molar-refractivity contribution in [1.82, 2.24) is 0 Å². The Balaban J connectivity index is 1.76. The Morgan fingerprint density at radius 1 is 1.43 bits per heavy atom. The Kier molecular flexibility index (Phi) is 4.59. The monoisotopic (exact) mass is 338 g/mol. The van der Waals surface area contributed by atoms with Gasteiger partial charge in [-0.2, -0.15) is 0 Å². The Morgan fingerprint density at radius 2 is 2.26 bits per heavy atom. The zero-order valence-electron chi connectivity index (χ0n) is 13.2. The molecule has 0 bridgehead atoms. The van der Waals surface area contributed by atoms with E-state index in [2.05, 4.69) is 4.72 Å². The number of anilines is 2. The van der Waals surface area contributed by atoms with Gasteiger partial charge in [0.25, 0.3) is 5.91 Å². The number of nitrogens with zero attached hydrogens (tertiary/aromatic N) is 1. The van der Waals surface area contributed by atoms with E-state index in [9.17, 15) is 13.2 Å². The molecule has 1 aromatic carbocycles. The lowest BCUT2D eigenvalue weighted by atomic mass is 10.1. The van der Waals surface area contributed by atoms with Crippen LogP contribution in [0.4, 0.5) is 11.4 Å². The van der Waals surface area contributed by atoms with Crippen LogP contribution in [-0.4, -0.2) is 39.3 Å². The minimum atomic E-state index is -3.30. The minimum Gasteiger partial charge on any atom is -0.368 e. The van der Waals surface area contributed by atoms with Gasteiger partial charge in [-0.3, -0.25) is 9.52 Å². The highest BCUT2D eigenvalue weighted by atomic mass is 32.2. The first-order chi connectivity index (χ1) is 11.0. The zero-order valence-corrected chi connectivity index (χ0v) is 14.1. The van der Waals surface area contributed by atoms with E-state index >= 15 is 0 Å². The number of nitrogens with one attached hydrogen (secondary N) is 1. The third-order valence-corrected chi connectivity index (χ3v) is 5.68. The summed E-state index contributed by atoms with van der Waals surface area (Å²) in [6.07, 6.45) is 2.68. The van der Waals surface area contributed by atoms with E-state index in [0.717, 1.165) is 30.5 Å².